The van der Waals surface area contributed by atoms with Crippen molar-refractivity contribution < 1.29 is 9.53 Å². The molecule has 2 heterocycles. The van der Waals surface area contributed by atoms with Crippen LogP contribution in [0.5, 0.6) is 5.75 Å². The zero-order chi connectivity index (χ0) is 22.1. The summed E-state index contributed by atoms with van der Waals surface area (Å²) in [6.07, 6.45) is 0.435. The number of hydrogen-bond donors (Lipinski definition) is 0. The van der Waals surface area contributed by atoms with E-state index in [1.165, 1.54) is 5.56 Å². The van der Waals surface area contributed by atoms with E-state index in [4.69, 9.17) is 9.72 Å². The van der Waals surface area contributed by atoms with E-state index in [0.29, 0.717) is 26.1 Å². The summed E-state index contributed by atoms with van der Waals surface area (Å²) in [5.74, 6) is 1.82. The number of carbonyl (C=O) groups is 1. The molecule has 6 heteroatoms. The molecule has 32 heavy (non-hydrogen) atoms. The summed E-state index contributed by atoms with van der Waals surface area (Å²) in [6.45, 7) is 3.82. The molecule has 3 aromatic carbocycles. The van der Waals surface area contributed by atoms with Crippen LogP contribution in [0, 0.1) is 0 Å². The van der Waals surface area contributed by atoms with Gasteiger partial charge in [-0.05, 0) is 48.9 Å². The van der Waals surface area contributed by atoms with Crippen molar-refractivity contribution in [1.29, 1.82) is 0 Å². The molecule has 4 aromatic rings. The molecule has 162 valence electrons. The SMILES string of the molecule is CCOc1ccccc1N1CC(c2nc3ccccc3n2Cc2ccc(Br)cc2)CC1=O. The second-order valence-electron chi connectivity index (χ2n) is 7.98. The van der Waals surface area contributed by atoms with Gasteiger partial charge in [0.1, 0.15) is 11.6 Å². The van der Waals surface area contributed by atoms with Gasteiger partial charge in [-0.1, -0.05) is 52.3 Å². The first-order valence-electron chi connectivity index (χ1n) is 10.9. The highest BCUT2D eigenvalue weighted by Gasteiger charge is 2.36. The number of anilines is 1. The van der Waals surface area contributed by atoms with Crippen molar-refractivity contribution >= 4 is 38.6 Å². The van der Waals surface area contributed by atoms with E-state index in [9.17, 15) is 4.79 Å². The number of amides is 1. The van der Waals surface area contributed by atoms with Gasteiger partial charge in [0, 0.05) is 29.9 Å². The Balaban J connectivity index is 1.51. The number of hydrogen-bond acceptors (Lipinski definition) is 3. The van der Waals surface area contributed by atoms with E-state index < -0.39 is 0 Å². The molecule has 5 nitrogen and oxygen atoms in total. The van der Waals surface area contributed by atoms with Gasteiger partial charge in [-0.15, -0.1) is 0 Å². The average Bonchev–Trinajstić information content (AvgIpc) is 3.36. The highest BCUT2D eigenvalue weighted by atomic mass is 79.9. The van der Waals surface area contributed by atoms with Crippen molar-refractivity contribution in [2.75, 3.05) is 18.1 Å². The number of ether oxygens (including phenoxy) is 1. The summed E-state index contributed by atoms with van der Waals surface area (Å²) in [5, 5.41) is 0. The van der Waals surface area contributed by atoms with Gasteiger partial charge in [0.15, 0.2) is 0 Å². The lowest BCUT2D eigenvalue weighted by atomic mass is 10.1. The van der Waals surface area contributed by atoms with Crippen molar-refractivity contribution in [2.24, 2.45) is 0 Å². The molecule has 1 aliphatic rings. The lowest BCUT2D eigenvalue weighted by Gasteiger charge is -2.20. The van der Waals surface area contributed by atoms with Crippen LogP contribution in [0.15, 0.2) is 77.3 Å². The minimum Gasteiger partial charge on any atom is -0.492 e. The first kappa shape index (κ1) is 20.8. The van der Waals surface area contributed by atoms with Gasteiger partial charge in [-0.2, -0.15) is 0 Å². The van der Waals surface area contributed by atoms with Crippen molar-refractivity contribution in [3.63, 3.8) is 0 Å². The van der Waals surface area contributed by atoms with Crippen LogP contribution < -0.4 is 9.64 Å². The molecular formula is C26H24BrN3O2. The molecule has 0 spiro atoms. The number of para-hydroxylation sites is 4. The molecular weight excluding hydrogens is 466 g/mol. The molecule has 5 rings (SSSR count). The van der Waals surface area contributed by atoms with E-state index in [1.807, 2.05) is 54.3 Å². The number of fused-ring (bicyclic) bond motifs is 1. The third-order valence-electron chi connectivity index (χ3n) is 5.88. The number of halogens is 1. The smallest absolute Gasteiger partial charge is 0.227 e. The van der Waals surface area contributed by atoms with Gasteiger partial charge in [0.2, 0.25) is 5.91 Å². The molecule has 0 aliphatic carbocycles. The molecule has 1 aliphatic heterocycles. The standard InChI is InChI=1S/C26H24BrN3O2/c1-2-32-24-10-6-5-9-23(24)29-17-19(15-25(29)31)26-28-21-7-3-4-8-22(21)30(26)16-18-11-13-20(27)14-12-18/h3-14,19H,2,15-17H2,1H3. The highest BCUT2D eigenvalue weighted by Crippen LogP contribution is 2.37. The maximum atomic E-state index is 13.1. The Hall–Kier alpha value is -3.12. The molecule has 1 saturated heterocycles. The second kappa shape index (κ2) is 8.79. The van der Waals surface area contributed by atoms with Crippen LogP contribution in [0.4, 0.5) is 5.69 Å². The zero-order valence-corrected chi connectivity index (χ0v) is 19.5. The Morgan fingerprint density at radius 3 is 2.59 bits per heavy atom. The molecule has 0 radical (unpaired) electrons. The average molecular weight is 490 g/mol. The summed E-state index contributed by atoms with van der Waals surface area (Å²) >= 11 is 3.51. The lowest BCUT2D eigenvalue weighted by Crippen LogP contribution is -2.25. The number of nitrogens with zero attached hydrogens (tertiary/aromatic N) is 3. The summed E-state index contributed by atoms with van der Waals surface area (Å²) < 4.78 is 9.10. The van der Waals surface area contributed by atoms with Crippen LogP contribution in [-0.4, -0.2) is 28.6 Å². The Morgan fingerprint density at radius 1 is 1.03 bits per heavy atom. The Morgan fingerprint density at radius 2 is 1.78 bits per heavy atom. The lowest BCUT2D eigenvalue weighted by molar-refractivity contribution is -0.117. The summed E-state index contributed by atoms with van der Waals surface area (Å²) in [6, 6.07) is 24.3. The summed E-state index contributed by atoms with van der Waals surface area (Å²) in [7, 11) is 0. The fraction of sp³-hybridized carbons (Fsp3) is 0.231. The van der Waals surface area contributed by atoms with Crippen molar-refractivity contribution in [2.45, 2.75) is 25.8 Å². The van der Waals surface area contributed by atoms with E-state index in [0.717, 1.165) is 32.8 Å². The monoisotopic (exact) mass is 489 g/mol. The predicted molar refractivity (Wildman–Crippen MR) is 130 cm³/mol. The van der Waals surface area contributed by atoms with Crippen LogP contribution in [0.1, 0.15) is 30.7 Å². The maximum Gasteiger partial charge on any atom is 0.227 e. The van der Waals surface area contributed by atoms with Crippen molar-refractivity contribution in [3.05, 3.63) is 88.7 Å². The van der Waals surface area contributed by atoms with Gasteiger partial charge < -0.3 is 14.2 Å². The van der Waals surface area contributed by atoms with Crippen molar-refractivity contribution in [1.82, 2.24) is 9.55 Å². The first-order valence-corrected chi connectivity index (χ1v) is 11.6. The molecule has 1 unspecified atom stereocenters. The molecule has 1 atom stereocenters. The maximum absolute atomic E-state index is 13.1. The van der Waals surface area contributed by atoms with Crippen LogP contribution in [-0.2, 0) is 11.3 Å². The minimum atomic E-state index is 0.0139. The van der Waals surface area contributed by atoms with Crippen LogP contribution in [0.2, 0.25) is 0 Å². The molecule has 1 amide bonds. The largest absolute Gasteiger partial charge is 0.492 e. The number of benzene rings is 3. The van der Waals surface area contributed by atoms with Gasteiger partial charge in [-0.25, -0.2) is 4.98 Å². The summed E-state index contributed by atoms with van der Waals surface area (Å²) in [4.78, 5) is 19.9. The van der Waals surface area contributed by atoms with E-state index in [1.54, 1.807) is 0 Å². The number of carbonyl (C=O) groups excluding carboxylic acids is 1. The normalized spacial score (nSPS) is 16.1. The van der Waals surface area contributed by atoms with Gasteiger partial charge >= 0.3 is 0 Å². The first-order chi connectivity index (χ1) is 15.6. The quantitative estimate of drug-likeness (QED) is 0.345. The molecule has 1 aromatic heterocycles. The Kier molecular flexibility index (Phi) is 5.70. The van der Waals surface area contributed by atoms with Gasteiger partial charge in [-0.3, -0.25) is 4.79 Å². The van der Waals surface area contributed by atoms with E-state index in [-0.39, 0.29) is 11.8 Å². The molecule has 0 bridgehead atoms. The zero-order valence-electron chi connectivity index (χ0n) is 17.9. The Bertz CT molecular complexity index is 1270. The molecule has 1 fully saturated rings. The van der Waals surface area contributed by atoms with Crippen molar-refractivity contribution in [3.8, 4) is 5.75 Å². The summed E-state index contributed by atoms with van der Waals surface area (Å²) in [5.41, 5.74) is 4.07. The number of rotatable bonds is 6. The predicted octanol–water partition coefficient (Wildman–Crippen LogP) is 5.77. The minimum absolute atomic E-state index is 0.0139. The topological polar surface area (TPSA) is 47.4 Å². The third-order valence-corrected chi connectivity index (χ3v) is 6.41. The van der Waals surface area contributed by atoms with E-state index in [2.05, 4.69) is 50.8 Å². The van der Waals surface area contributed by atoms with Gasteiger partial charge in [0.25, 0.3) is 0 Å². The molecule has 0 N–H and O–H groups in total. The highest BCUT2D eigenvalue weighted by molar-refractivity contribution is 9.10. The number of imidazole rings is 1. The fourth-order valence-corrected chi connectivity index (χ4v) is 4.68. The second-order valence-corrected chi connectivity index (χ2v) is 8.89. The van der Waals surface area contributed by atoms with Gasteiger partial charge in [0.05, 0.1) is 23.3 Å². The fourth-order valence-electron chi connectivity index (χ4n) is 4.42. The van der Waals surface area contributed by atoms with Crippen LogP contribution >= 0.6 is 15.9 Å². The number of aromatic nitrogens is 2. The van der Waals surface area contributed by atoms with E-state index >= 15 is 0 Å². The molecule has 0 saturated carbocycles. The van der Waals surface area contributed by atoms with Crippen LogP contribution in [0.3, 0.4) is 0 Å². The van der Waals surface area contributed by atoms with Crippen LogP contribution in [0.25, 0.3) is 11.0 Å². The third kappa shape index (κ3) is 3.91. The Labute approximate surface area is 195 Å².